The average molecular weight is 389 g/mol. The summed E-state index contributed by atoms with van der Waals surface area (Å²) in [7, 11) is 1.58. The van der Waals surface area contributed by atoms with Crippen LogP contribution >= 0.6 is 0 Å². The van der Waals surface area contributed by atoms with Crippen LogP contribution in [0.2, 0.25) is 0 Å². The van der Waals surface area contributed by atoms with Crippen molar-refractivity contribution in [2.45, 2.75) is 19.8 Å². The summed E-state index contributed by atoms with van der Waals surface area (Å²) in [5.74, 6) is 0.834. The largest absolute Gasteiger partial charge is 0.496 e. The number of nitrogens with two attached hydrogens (primary N) is 1. The second-order valence-corrected chi connectivity index (χ2v) is 6.61. The molecule has 0 spiro atoms. The Morgan fingerprint density at radius 3 is 2.72 bits per heavy atom. The van der Waals surface area contributed by atoms with Gasteiger partial charge in [0.25, 0.3) is 5.91 Å². The molecule has 0 aliphatic heterocycles. The molecule has 0 saturated heterocycles. The van der Waals surface area contributed by atoms with E-state index in [0.29, 0.717) is 47.8 Å². The summed E-state index contributed by atoms with van der Waals surface area (Å²) in [5.41, 5.74) is 9.43. The lowest BCUT2D eigenvalue weighted by molar-refractivity contribution is 0.0953. The number of carbonyl (C=O) groups is 1. The Balaban J connectivity index is 1.62. The van der Waals surface area contributed by atoms with Gasteiger partial charge in [0, 0.05) is 12.1 Å². The number of rotatable bonds is 7. The first-order valence-corrected chi connectivity index (χ1v) is 9.31. The van der Waals surface area contributed by atoms with Crippen LogP contribution in [0.15, 0.2) is 48.5 Å². The highest BCUT2D eigenvalue weighted by Crippen LogP contribution is 2.21. The van der Waals surface area contributed by atoms with Gasteiger partial charge in [-0.05, 0) is 49.6 Å². The van der Waals surface area contributed by atoms with Crippen molar-refractivity contribution in [1.29, 1.82) is 5.26 Å². The van der Waals surface area contributed by atoms with Crippen molar-refractivity contribution in [2.75, 3.05) is 19.4 Å². The Labute approximate surface area is 169 Å². The quantitative estimate of drug-likeness (QED) is 0.604. The number of hydrogen-bond donors (Lipinski definition) is 2. The smallest absolute Gasteiger partial charge is 0.251 e. The Kier molecular flexibility index (Phi) is 6.15. The molecule has 7 heteroatoms. The zero-order chi connectivity index (χ0) is 20.8. The van der Waals surface area contributed by atoms with Crippen molar-refractivity contribution >= 4 is 11.7 Å². The van der Waals surface area contributed by atoms with Crippen LogP contribution in [-0.2, 0) is 6.42 Å². The van der Waals surface area contributed by atoms with Crippen LogP contribution in [0.3, 0.4) is 0 Å². The van der Waals surface area contributed by atoms with E-state index in [2.05, 4.69) is 16.5 Å². The minimum Gasteiger partial charge on any atom is -0.496 e. The number of carbonyl (C=O) groups excluding carboxylic acids is 1. The molecule has 7 nitrogen and oxygen atoms in total. The third-order valence-corrected chi connectivity index (χ3v) is 4.65. The second-order valence-electron chi connectivity index (χ2n) is 6.61. The monoisotopic (exact) mass is 389 g/mol. The molecule has 0 saturated carbocycles. The number of methoxy groups -OCH3 is 1. The van der Waals surface area contributed by atoms with Gasteiger partial charge in [-0.25, -0.2) is 4.68 Å². The number of anilines is 1. The van der Waals surface area contributed by atoms with E-state index in [1.165, 1.54) is 0 Å². The maximum atomic E-state index is 12.3. The van der Waals surface area contributed by atoms with E-state index >= 15 is 0 Å². The predicted molar refractivity (Wildman–Crippen MR) is 111 cm³/mol. The molecule has 0 aliphatic carbocycles. The number of nitrogen functional groups attached to an aromatic ring is 1. The lowest BCUT2D eigenvalue weighted by Crippen LogP contribution is -2.24. The van der Waals surface area contributed by atoms with Crippen LogP contribution < -0.4 is 15.8 Å². The van der Waals surface area contributed by atoms with E-state index in [-0.39, 0.29) is 5.91 Å². The van der Waals surface area contributed by atoms with Crippen molar-refractivity contribution in [3.8, 4) is 17.5 Å². The number of aromatic nitrogens is 2. The highest BCUT2D eigenvalue weighted by molar-refractivity contribution is 5.94. The predicted octanol–water partition coefficient (Wildman–Crippen LogP) is 3.01. The minimum atomic E-state index is -0.168. The number of nitriles is 1. The van der Waals surface area contributed by atoms with E-state index in [1.807, 2.05) is 43.3 Å². The van der Waals surface area contributed by atoms with E-state index in [1.54, 1.807) is 23.9 Å². The molecule has 2 aromatic carbocycles. The maximum Gasteiger partial charge on any atom is 0.251 e. The van der Waals surface area contributed by atoms with Crippen LogP contribution in [-0.4, -0.2) is 29.3 Å². The van der Waals surface area contributed by atoms with Crippen LogP contribution in [0.5, 0.6) is 5.75 Å². The van der Waals surface area contributed by atoms with Gasteiger partial charge < -0.3 is 15.8 Å². The van der Waals surface area contributed by atoms with Gasteiger partial charge in [-0.3, -0.25) is 4.79 Å². The number of aryl methyl sites for hydroxylation is 2. The summed E-state index contributed by atoms with van der Waals surface area (Å²) in [6.07, 6.45) is 1.17. The first-order valence-electron chi connectivity index (χ1n) is 9.31. The Morgan fingerprint density at radius 1 is 1.28 bits per heavy atom. The summed E-state index contributed by atoms with van der Waals surface area (Å²) < 4.78 is 6.84. The molecular weight excluding hydrogens is 366 g/mol. The normalized spacial score (nSPS) is 10.4. The number of amides is 1. The molecule has 0 atom stereocenters. The van der Waals surface area contributed by atoms with E-state index < -0.39 is 0 Å². The zero-order valence-corrected chi connectivity index (χ0v) is 16.5. The Hall–Kier alpha value is -3.79. The topological polar surface area (TPSA) is 106 Å². The van der Waals surface area contributed by atoms with E-state index in [0.717, 1.165) is 11.3 Å². The fourth-order valence-corrected chi connectivity index (χ4v) is 3.06. The van der Waals surface area contributed by atoms with Crippen molar-refractivity contribution in [3.63, 3.8) is 0 Å². The average Bonchev–Trinajstić information content (AvgIpc) is 3.07. The van der Waals surface area contributed by atoms with Gasteiger partial charge in [0.2, 0.25) is 0 Å². The van der Waals surface area contributed by atoms with Gasteiger partial charge in [0.05, 0.1) is 18.5 Å². The molecule has 1 heterocycles. The summed E-state index contributed by atoms with van der Waals surface area (Å²) in [5, 5.41) is 16.8. The summed E-state index contributed by atoms with van der Waals surface area (Å²) >= 11 is 0. The number of ether oxygens (including phenoxy) is 1. The molecule has 0 fully saturated rings. The molecule has 3 N–H and O–H groups in total. The minimum absolute atomic E-state index is 0.168. The van der Waals surface area contributed by atoms with Gasteiger partial charge in [-0.1, -0.05) is 24.3 Å². The molecule has 1 aromatic heterocycles. The van der Waals surface area contributed by atoms with Crippen molar-refractivity contribution < 1.29 is 9.53 Å². The van der Waals surface area contributed by atoms with Crippen molar-refractivity contribution in [1.82, 2.24) is 15.1 Å². The Morgan fingerprint density at radius 2 is 2.03 bits per heavy atom. The van der Waals surface area contributed by atoms with Crippen LogP contribution in [0.4, 0.5) is 5.82 Å². The zero-order valence-electron chi connectivity index (χ0n) is 16.5. The van der Waals surface area contributed by atoms with Gasteiger partial charge in [-0.2, -0.15) is 10.4 Å². The standard InChI is InChI=1S/C22H23N5O2/c1-15-10-11-16(13-20(15)29-2)22(28)25-12-6-9-19-18(14-23)21(24)27(26-19)17-7-4-3-5-8-17/h3-5,7-8,10-11,13H,6,9,12,24H2,1-2H3,(H,25,28). The van der Waals surface area contributed by atoms with E-state index in [9.17, 15) is 10.1 Å². The molecule has 0 unspecified atom stereocenters. The summed E-state index contributed by atoms with van der Waals surface area (Å²) in [4.78, 5) is 12.3. The molecule has 148 valence electrons. The van der Waals surface area contributed by atoms with Crippen molar-refractivity contribution in [3.05, 3.63) is 70.9 Å². The first-order chi connectivity index (χ1) is 14.0. The number of hydrogen-bond acceptors (Lipinski definition) is 5. The lowest BCUT2D eigenvalue weighted by Gasteiger charge is -2.08. The molecule has 3 rings (SSSR count). The maximum absolute atomic E-state index is 12.3. The van der Waals surface area contributed by atoms with Crippen LogP contribution in [0.1, 0.15) is 33.6 Å². The van der Waals surface area contributed by atoms with Gasteiger partial charge in [-0.15, -0.1) is 0 Å². The number of para-hydroxylation sites is 1. The fraction of sp³-hybridized carbons (Fsp3) is 0.227. The van der Waals surface area contributed by atoms with Crippen LogP contribution in [0, 0.1) is 18.3 Å². The molecule has 3 aromatic rings. The summed E-state index contributed by atoms with van der Waals surface area (Å²) in [6, 6.07) is 16.9. The van der Waals surface area contributed by atoms with Gasteiger partial charge in [0.1, 0.15) is 23.2 Å². The SMILES string of the molecule is COc1cc(C(=O)NCCCc2nn(-c3ccccc3)c(N)c2C#N)ccc1C. The fourth-order valence-electron chi connectivity index (χ4n) is 3.06. The van der Waals surface area contributed by atoms with Gasteiger partial charge >= 0.3 is 0 Å². The third-order valence-electron chi connectivity index (χ3n) is 4.65. The molecule has 29 heavy (non-hydrogen) atoms. The number of benzene rings is 2. The van der Waals surface area contributed by atoms with E-state index in [4.69, 9.17) is 10.5 Å². The van der Waals surface area contributed by atoms with Crippen LogP contribution in [0.25, 0.3) is 5.69 Å². The molecule has 0 aliphatic rings. The number of nitrogens with one attached hydrogen (secondary N) is 1. The number of nitrogens with zero attached hydrogens (tertiary/aromatic N) is 3. The first kappa shape index (κ1) is 20.0. The highest BCUT2D eigenvalue weighted by Gasteiger charge is 2.16. The lowest BCUT2D eigenvalue weighted by atomic mass is 10.1. The van der Waals surface area contributed by atoms with Crippen molar-refractivity contribution in [2.24, 2.45) is 0 Å². The molecule has 0 bridgehead atoms. The highest BCUT2D eigenvalue weighted by atomic mass is 16.5. The molecule has 1 amide bonds. The van der Waals surface area contributed by atoms with Gasteiger partial charge in [0.15, 0.2) is 0 Å². The third kappa shape index (κ3) is 4.38. The molecule has 0 radical (unpaired) electrons. The second kappa shape index (κ2) is 8.93. The summed E-state index contributed by atoms with van der Waals surface area (Å²) in [6.45, 7) is 2.38. The molecular formula is C22H23N5O2. The Bertz CT molecular complexity index is 1050.